The van der Waals surface area contributed by atoms with Crippen molar-refractivity contribution in [2.45, 2.75) is 81.5 Å². The number of rotatable bonds is 0. The van der Waals surface area contributed by atoms with E-state index < -0.39 is 8.67 Å². The van der Waals surface area contributed by atoms with Gasteiger partial charge in [0, 0.05) is 11.8 Å². The molecule has 0 bridgehead atoms. The van der Waals surface area contributed by atoms with Gasteiger partial charge in [-0.1, -0.05) is 117 Å². The van der Waals surface area contributed by atoms with Crippen molar-refractivity contribution >= 4 is 78.3 Å². The van der Waals surface area contributed by atoms with E-state index in [0.717, 1.165) is 38.5 Å². The van der Waals surface area contributed by atoms with E-state index in [1.54, 1.807) is 0 Å². The van der Waals surface area contributed by atoms with E-state index in [1.807, 2.05) is 0 Å². The van der Waals surface area contributed by atoms with E-state index in [2.05, 4.69) is 31.9 Å². The van der Waals surface area contributed by atoms with E-state index in [4.69, 9.17) is 46.4 Å². The van der Waals surface area contributed by atoms with Crippen LogP contribution in [0.25, 0.3) is 0 Å². The summed E-state index contributed by atoms with van der Waals surface area (Å²) in [7, 11) is 0. The van der Waals surface area contributed by atoms with Gasteiger partial charge < -0.3 is 0 Å². The Morgan fingerprint density at radius 3 is 1.32 bits per heavy atom. The minimum absolute atomic E-state index is 0.0608. The second-order valence-corrected chi connectivity index (χ2v) is 12.9. The first-order chi connectivity index (χ1) is 10.2. The minimum atomic E-state index is -0.576. The molecule has 0 spiro atoms. The average molecular weight is 516 g/mol. The van der Waals surface area contributed by atoms with Crippen molar-refractivity contribution in [3.63, 3.8) is 0 Å². The molecule has 0 aromatic rings. The maximum absolute atomic E-state index is 6.52. The number of hydrogen-bond acceptors (Lipinski definition) is 0. The summed E-state index contributed by atoms with van der Waals surface area (Å²) in [5.41, 5.74) is 0. The average Bonchev–Trinajstić information content (AvgIpc) is 3.05. The highest BCUT2D eigenvalue weighted by molar-refractivity contribution is 9.10. The molecule has 0 saturated heterocycles. The SMILES string of the molecule is ClC1(Cl)[C@@H]2CCCCC[C@]3(Br)[C@H](CCCCC[C@@]21Br)C3(Cl)Cl. The first-order valence-electron chi connectivity index (χ1n) is 8.31. The normalized spacial score (nSPS) is 47.7. The van der Waals surface area contributed by atoms with Gasteiger partial charge >= 0.3 is 0 Å². The molecule has 0 unspecified atom stereocenters. The number of halogens is 6. The van der Waals surface area contributed by atoms with Crippen molar-refractivity contribution < 1.29 is 0 Å². The molecule has 0 N–H and O–H groups in total. The molecule has 0 aliphatic heterocycles. The number of fused-ring (bicyclic) bond motifs is 2. The van der Waals surface area contributed by atoms with Gasteiger partial charge in [-0.3, -0.25) is 0 Å². The Hall–Kier alpha value is 2.12. The highest BCUT2D eigenvalue weighted by Crippen LogP contribution is 2.72. The van der Waals surface area contributed by atoms with Gasteiger partial charge in [0.25, 0.3) is 0 Å². The van der Waals surface area contributed by atoms with Gasteiger partial charge in [0.1, 0.15) is 8.67 Å². The maximum Gasteiger partial charge on any atom is 0.138 e. The van der Waals surface area contributed by atoms with Crippen LogP contribution >= 0.6 is 78.3 Å². The predicted octanol–water partition coefficient (Wildman–Crippen LogP) is 7.78. The lowest BCUT2D eigenvalue weighted by Crippen LogP contribution is -2.09. The van der Waals surface area contributed by atoms with Crippen LogP contribution in [0.4, 0.5) is 0 Å². The summed E-state index contributed by atoms with van der Waals surface area (Å²) >= 11 is 33.8. The van der Waals surface area contributed by atoms with Gasteiger partial charge in [-0.05, 0) is 25.7 Å². The smallest absolute Gasteiger partial charge is 0.0997 e. The van der Waals surface area contributed by atoms with Crippen LogP contribution in [-0.4, -0.2) is 17.3 Å². The third-order valence-electron chi connectivity index (χ3n) is 5.99. The zero-order valence-corrected chi connectivity index (χ0v) is 18.7. The van der Waals surface area contributed by atoms with Gasteiger partial charge in [0.15, 0.2) is 0 Å². The molecule has 3 aliphatic rings. The molecular formula is C16H22Br2Cl4. The zero-order chi connectivity index (χ0) is 16.2. The van der Waals surface area contributed by atoms with Crippen LogP contribution in [0.3, 0.4) is 0 Å². The van der Waals surface area contributed by atoms with Crippen LogP contribution in [0, 0.1) is 11.8 Å². The molecule has 4 atom stereocenters. The Kier molecular flexibility index (Phi) is 5.48. The highest BCUT2D eigenvalue weighted by Gasteiger charge is 2.74. The van der Waals surface area contributed by atoms with Gasteiger partial charge in [-0.2, -0.15) is 0 Å². The lowest BCUT2D eigenvalue weighted by molar-refractivity contribution is 0.508. The van der Waals surface area contributed by atoms with Crippen molar-refractivity contribution in [3.8, 4) is 0 Å². The first kappa shape index (κ1) is 18.9. The highest BCUT2D eigenvalue weighted by atomic mass is 79.9. The summed E-state index contributed by atoms with van der Waals surface area (Å²) in [6, 6.07) is 0. The molecule has 0 nitrogen and oxygen atoms in total. The zero-order valence-electron chi connectivity index (χ0n) is 12.5. The lowest BCUT2D eigenvalue weighted by Gasteiger charge is -2.12. The topological polar surface area (TPSA) is 0 Å². The molecule has 0 aromatic heterocycles. The number of alkyl halides is 6. The number of hydrogen-bond donors (Lipinski definition) is 0. The van der Waals surface area contributed by atoms with Crippen molar-refractivity contribution in [1.29, 1.82) is 0 Å². The quantitative estimate of drug-likeness (QED) is 0.289. The van der Waals surface area contributed by atoms with Crippen molar-refractivity contribution in [1.82, 2.24) is 0 Å². The predicted molar refractivity (Wildman–Crippen MR) is 105 cm³/mol. The largest absolute Gasteiger partial charge is 0.138 e. The third-order valence-corrected chi connectivity index (χ3v) is 12.5. The second-order valence-electron chi connectivity index (χ2n) is 7.27. The molecule has 3 saturated carbocycles. The Balaban J connectivity index is 1.60. The summed E-state index contributed by atoms with van der Waals surface area (Å²) in [6.07, 6.45) is 11.3. The molecule has 6 heteroatoms. The van der Waals surface area contributed by atoms with Crippen molar-refractivity contribution in [2.24, 2.45) is 11.8 Å². The molecule has 0 aromatic carbocycles. The van der Waals surface area contributed by atoms with Crippen LogP contribution in [-0.2, 0) is 0 Å². The monoisotopic (exact) mass is 512 g/mol. The van der Waals surface area contributed by atoms with Gasteiger partial charge in [-0.15, -0.1) is 0 Å². The van der Waals surface area contributed by atoms with E-state index in [1.165, 1.54) is 25.7 Å². The molecule has 0 amide bonds. The van der Waals surface area contributed by atoms with Crippen molar-refractivity contribution in [3.05, 3.63) is 0 Å². The van der Waals surface area contributed by atoms with Gasteiger partial charge in [0.05, 0.1) is 8.65 Å². The van der Waals surface area contributed by atoms with Crippen LogP contribution in [0.2, 0.25) is 0 Å². The van der Waals surface area contributed by atoms with E-state index in [9.17, 15) is 0 Å². The van der Waals surface area contributed by atoms with Crippen LogP contribution in [0.15, 0.2) is 0 Å². The minimum Gasteiger partial charge on any atom is -0.0997 e. The summed E-state index contributed by atoms with van der Waals surface area (Å²) in [5, 5.41) is 0. The van der Waals surface area contributed by atoms with E-state index in [0.29, 0.717) is 11.8 Å². The Morgan fingerprint density at radius 2 is 0.955 bits per heavy atom. The standard InChI is InChI=1S/C16H22Br2Cl4/c17-13-9-5-1-3-7-11-14(18,15(11,19)20)10-6-2-4-8-12(13)16(13,21)22/h11-12H,1-10H2/t11-,12+,13+,14-. The Labute approximate surface area is 170 Å². The molecule has 128 valence electrons. The molecule has 3 aliphatic carbocycles. The third kappa shape index (κ3) is 2.92. The van der Waals surface area contributed by atoms with Crippen molar-refractivity contribution in [2.75, 3.05) is 0 Å². The molecule has 3 fully saturated rings. The van der Waals surface area contributed by atoms with Crippen LogP contribution < -0.4 is 0 Å². The summed E-state index contributed by atoms with van der Waals surface area (Å²) in [4.78, 5) is 0. The maximum atomic E-state index is 6.52. The van der Waals surface area contributed by atoms with Crippen LogP contribution in [0.1, 0.15) is 64.2 Å². The molecule has 3 rings (SSSR count). The second kappa shape index (κ2) is 6.38. The van der Waals surface area contributed by atoms with Gasteiger partial charge in [-0.25, -0.2) is 0 Å². The summed E-state index contributed by atoms with van der Waals surface area (Å²) in [5.74, 6) is 0.774. The fourth-order valence-electron chi connectivity index (χ4n) is 4.31. The molecule has 22 heavy (non-hydrogen) atoms. The summed E-state index contributed by atoms with van der Waals surface area (Å²) < 4.78 is -1.27. The summed E-state index contributed by atoms with van der Waals surface area (Å²) in [6.45, 7) is 0. The molecule has 0 heterocycles. The lowest BCUT2D eigenvalue weighted by atomic mass is 10.0. The van der Waals surface area contributed by atoms with E-state index >= 15 is 0 Å². The molecular weight excluding hydrogens is 494 g/mol. The fourth-order valence-corrected chi connectivity index (χ4v) is 8.74. The Bertz CT molecular complexity index is 402. The fraction of sp³-hybridized carbons (Fsp3) is 1.00. The van der Waals surface area contributed by atoms with Crippen LogP contribution in [0.5, 0.6) is 0 Å². The van der Waals surface area contributed by atoms with E-state index in [-0.39, 0.29) is 8.65 Å². The molecule has 0 radical (unpaired) electrons. The Morgan fingerprint density at radius 1 is 0.591 bits per heavy atom. The first-order valence-corrected chi connectivity index (χ1v) is 11.4. The van der Waals surface area contributed by atoms with Gasteiger partial charge in [0.2, 0.25) is 0 Å².